The van der Waals surface area contributed by atoms with E-state index in [1.54, 1.807) is 0 Å². The van der Waals surface area contributed by atoms with E-state index in [9.17, 15) is 0 Å². The van der Waals surface area contributed by atoms with E-state index in [0.29, 0.717) is 6.61 Å². The Morgan fingerprint density at radius 1 is 0.431 bits per heavy atom. The van der Waals surface area contributed by atoms with Crippen molar-refractivity contribution in [1.29, 1.82) is 0 Å². The summed E-state index contributed by atoms with van der Waals surface area (Å²) in [7, 11) is -1.54. The van der Waals surface area contributed by atoms with Crippen LogP contribution in [0.4, 0.5) is 0 Å². The summed E-state index contributed by atoms with van der Waals surface area (Å²) in [6.07, 6.45) is 36.8. The largest absolute Gasteiger partial charge is 0.463 e. The normalized spacial score (nSPS) is 13.0. The van der Waals surface area contributed by atoms with Crippen molar-refractivity contribution in [3.8, 4) is 11.5 Å². The average Bonchev–Trinajstić information content (AvgIpc) is 3.13. The minimum atomic E-state index is -1.54. The van der Waals surface area contributed by atoms with Gasteiger partial charge in [-0.3, -0.25) is 4.52 Å². The third-order valence-corrected chi connectivity index (χ3v) is 11.8. The van der Waals surface area contributed by atoms with E-state index in [-0.39, 0.29) is 0 Å². The van der Waals surface area contributed by atoms with Crippen LogP contribution < -0.4 is 9.05 Å². The molecule has 0 aliphatic carbocycles. The lowest BCUT2D eigenvalue weighted by atomic mass is 9.91. The molecule has 1 aliphatic heterocycles. The van der Waals surface area contributed by atoms with Gasteiger partial charge < -0.3 is 9.05 Å². The highest BCUT2D eigenvalue weighted by atomic mass is 31.2. The van der Waals surface area contributed by atoms with Gasteiger partial charge in [0.2, 0.25) is 0 Å². The summed E-state index contributed by atoms with van der Waals surface area (Å²) >= 11 is 0. The van der Waals surface area contributed by atoms with E-state index in [1.807, 2.05) is 0 Å². The van der Waals surface area contributed by atoms with Gasteiger partial charge in [0.1, 0.15) is 11.5 Å². The maximum absolute atomic E-state index is 6.89. The first-order valence-electron chi connectivity index (χ1n) is 22.2. The molecule has 0 bridgehead atoms. The lowest BCUT2D eigenvalue weighted by molar-refractivity contribution is 0.255. The molecule has 0 spiro atoms. The monoisotopic (exact) mass is 723 g/mol. The molecule has 51 heavy (non-hydrogen) atoms. The smallest absolute Gasteiger partial charge is 0.417 e. The number of benzene rings is 2. The molecule has 290 valence electrons. The molecule has 2 aromatic rings. The Bertz CT molecular complexity index is 1110. The number of hydrogen-bond acceptors (Lipinski definition) is 3. The number of unbranched alkanes of at least 4 members (excludes halogenated alkanes) is 19. The van der Waals surface area contributed by atoms with Crippen molar-refractivity contribution in [2.24, 2.45) is 0 Å². The molecule has 0 radical (unpaired) electrons. The molecule has 0 N–H and O–H groups in total. The van der Waals surface area contributed by atoms with Crippen LogP contribution in [0.1, 0.15) is 222 Å². The Balaban J connectivity index is 1.61. The van der Waals surface area contributed by atoms with Crippen LogP contribution in [0.2, 0.25) is 0 Å². The molecule has 0 amide bonds. The second-order valence-corrected chi connectivity index (χ2v) is 16.7. The standard InChI is InChI=1S/C47H79O3P/c1-6-11-16-17-18-19-20-21-22-23-24-25-26-27-28-29-34-48-51-49-46-42(32-14-9-4)35-40(30-12-7-2)37-44(46)39-45-38-41(31-13-8-3)36-43(33-15-10-5)47(45)50-51/h35-38H,6-34,39H2,1-5H3. The van der Waals surface area contributed by atoms with Gasteiger partial charge in [0.25, 0.3) is 0 Å². The highest BCUT2D eigenvalue weighted by Crippen LogP contribution is 2.50. The van der Waals surface area contributed by atoms with E-state index < -0.39 is 8.60 Å². The second kappa shape index (κ2) is 28.0. The Morgan fingerprint density at radius 3 is 1.18 bits per heavy atom. The highest BCUT2D eigenvalue weighted by molar-refractivity contribution is 7.42. The van der Waals surface area contributed by atoms with Crippen LogP contribution in [0.3, 0.4) is 0 Å². The molecule has 3 rings (SSSR count). The van der Waals surface area contributed by atoms with Gasteiger partial charge in [0.15, 0.2) is 0 Å². The molecule has 0 atom stereocenters. The molecule has 1 aliphatic rings. The van der Waals surface area contributed by atoms with Gasteiger partial charge in [-0.25, -0.2) is 0 Å². The quantitative estimate of drug-likeness (QED) is 0.0593. The van der Waals surface area contributed by atoms with E-state index in [2.05, 4.69) is 58.9 Å². The summed E-state index contributed by atoms with van der Waals surface area (Å²) in [5.74, 6) is 2.09. The maximum Gasteiger partial charge on any atom is 0.463 e. The van der Waals surface area contributed by atoms with Crippen molar-refractivity contribution in [3.63, 3.8) is 0 Å². The van der Waals surface area contributed by atoms with Crippen LogP contribution in [0.15, 0.2) is 24.3 Å². The van der Waals surface area contributed by atoms with Crippen LogP contribution >= 0.6 is 8.60 Å². The third-order valence-electron chi connectivity index (χ3n) is 10.7. The first-order chi connectivity index (χ1) is 25.1. The molecule has 0 fully saturated rings. The minimum Gasteiger partial charge on any atom is -0.417 e. The molecular weight excluding hydrogens is 643 g/mol. The number of rotatable bonds is 30. The Hall–Kier alpha value is -1.57. The lowest BCUT2D eigenvalue weighted by Crippen LogP contribution is -2.12. The fourth-order valence-corrected chi connectivity index (χ4v) is 8.71. The van der Waals surface area contributed by atoms with E-state index in [4.69, 9.17) is 13.6 Å². The molecule has 0 saturated heterocycles. The highest BCUT2D eigenvalue weighted by Gasteiger charge is 2.28. The molecular formula is C47H79O3P. The Labute approximate surface area is 317 Å². The zero-order chi connectivity index (χ0) is 36.4. The number of fused-ring (bicyclic) bond motifs is 2. The summed E-state index contributed by atoms with van der Waals surface area (Å²) < 4.78 is 20.4. The zero-order valence-corrected chi connectivity index (χ0v) is 35.1. The summed E-state index contributed by atoms with van der Waals surface area (Å²) in [5.41, 5.74) is 8.26. The molecule has 0 unspecified atom stereocenters. The van der Waals surface area contributed by atoms with Crippen molar-refractivity contribution in [1.82, 2.24) is 0 Å². The van der Waals surface area contributed by atoms with Gasteiger partial charge in [0.05, 0.1) is 6.61 Å². The zero-order valence-electron chi connectivity index (χ0n) is 34.2. The summed E-state index contributed by atoms with van der Waals surface area (Å²) in [6, 6.07) is 9.76. The molecule has 0 saturated carbocycles. The lowest BCUT2D eigenvalue weighted by Gasteiger charge is -2.28. The van der Waals surface area contributed by atoms with Gasteiger partial charge in [-0.1, -0.05) is 181 Å². The Morgan fingerprint density at radius 2 is 0.784 bits per heavy atom. The molecule has 0 aromatic heterocycles. The van der Waals surface area contributed by atoms with E-state index in [1.165, 1.54) is 181 Å². The molecule has 2 aromatic carbocycles. The average molecular weight is 723 g/mol. The Kier molecular flexibility index (Phi) is 24.0. The maximum atomic E-state index is 6.89. The number of aryl methyl sites for hydroxylation is 4. The van der Waals surface area contributed by atoms with Crippen molar-refractivity contribution in [2.75, 3.05) is 6.61 Å². The van der Waals surface area contributed by atoms with Crippen LogP contribution in [0.25, 0.3) is 0 Å². The van der Waals surface area contributed by atoms with Gasteiger partial charge in [0, 0.05) is 6.42 Å². The van der Waals surface area contributed by atoms with Crippen molar-refractivity contribution in [3.05, 3.63) is 57.6 Å². The minimum absolute atomic E-state index is 0.701. The third kappa shape index (κ3) is 17.4. The predicted molar refractivity (Wildman–Crippen MR) is 224 cm³/mol. The van der Waals surface area contributed by atoms with Gasteiger partial charge in [-0.15, -0.1) is 0 Å². The van der Waals surface area contributed by atoms with Crippen molar-refractivity contribution < 1.29 is 13.6 Å². The number of hydrogen-bond donors (Lipinski definition) is 0. The summed E-state index contributed by atoms with van der Waals surface area (Å²) in [5, 5.41) is 0. The topological polar surface area (TPSA) is 27.7 Å². The van der Waals surface area contributed by atoms with Gasteiger partial charge >= 0.3 is 8.60 Å². The molecule has 4 heteroatoms. The first-order valence-corrected chi connectivity index (χ1v) is 23.3. The van der Waals surface area contributed by atoms with Gasteiger partial charge in [-0.05, 0) is 91.2 Å². The van der Waals surface area contributed by atoms with E-state index in [0.717, 1.165) is 50.0 Å². The van der Waals surface area contributed by atoms with E-state index >= 15 is 0 Å². The van der Waals surface area contributed by atoms with Crippen molar-refractivity contribution >= 4 is 8.60 Å². The van der Waals surface area contributed by atoms with Gasteiger partial charge in [-0.2, -0.15) is 0 Å². The summed E-state index contributed by atoms with van der Waals surface area (Å²) in [6.45, 7) is 12.2. The summed E-state index contributed by atoms with van der Waals surface area (Å²) in [4.78, 5) is 0. The fraction of sp³-hybridized carbons (Fsp3) is 0.745. The fourth-order valence-electron chi connectivity index (χ4n) is 7.52. The second-order valence-electron chi connectivity index (χ2n) is 15.6. The first kappa shape index (κ1) is 43.8. The van der Waals surface area contributed by atoms with Crippen LogP contribution in [0, 0.1) is 0 Å². The SMILES string of the molecule is CCCCCCCCCCCCCCCCCCOP1Oc2c(CCCC)cc(CCCC)cc2Cc2cc(CCCC)cc(CCCC)c2O1. The van der Waals surface area contributed by atoms with Crippen LogP contribution in [0.5, 0.6) is 11.5 Å². The van der Waals surface area contributed by atoms with Crippen molar-refractivity contribution in [2.45, 2.75) is 221 Å². The van der Waals surface area contributed by atoms with Crippen LogP contribution in [-0.4, -0.2) is 6.61 Å². The molecule has 3 nitrogen and oxygen atoms in total. The predicted octanol–water partition coefficient (Wildman–Crippen LogP) is 15.9. The van der Waals surface area contributed by atoms with Crippen LogP contribution in [-0.2, 0) is 36.6 Å². The molecule has 1 heterocycles.